The Bertz CT molecular complexity index is 201. The molecule has 1 rings (SSSR count). The van der Waals surface area contributed by atoms with Crippen molar-refractivity contribution in [3.05, 3.63) is 0 Å². The number of carboxylic acid groups (broad SMARTS) is 1. The van der Waals surface area contributed by atoms with Crippen LogP contribution in [0, 0.1) is 5.41 Å². The summed E-state index contributed by atoms with van der Waals surface area (Å²) in [7, 11) is 0. The minimum Gasteiger partial charge on any atom is -0.479 e. The number of aliphatic carboxylic acids is 1. The molecule has 1 atom stereocenters. The highest BCUT2D eigenvalue weighted by molar-refractivity contribution is 5.74. The van der Waals surface area contributed by atoms with Gasteiger partial charge < -0.3 is 15.3 Å². The van der Waals surface area contributed by atoms with Crippen molar-refractivity contribution in [1.29, 1.82) is 0 Å². The molecule has 12 heavy (non-hydrogen) atoms. The molecule has 1 fully saturated rings. The summed E-state index contributed by atoms with van der Waals surface area (Å²) in [6, 6.07) is 0. The van der Waals surface area contributed by atoms with Crippen LogP contribution in [-0.4, -0.2) is 33.0 Å². The largest absolute Gasteiger partial charge is 0.479 e. The van der Waals surface area contributed by atoms with E-state index in [1.165, 1.54) is 0 Å². The minimum absolute atomic E-state index is 0.0504. The van der Waals surface area contributed by atoms with Crippen LogP contribution in [0.3, 0.4) is 0 Å². The monoisotopic (exact) mass is 174 g/mol. The molecule has 0 saturated heterocycles. The highest BCUT2D eigenvalue weighted by Crippen LogP contribution is 2.49. The number of hydrogen-bond acceptors (Lipinski definition) is 3. The van der Waals surface area contributed by atoms with Gasteiger partial charge in [0.15, 0.2) is 6.10 Å². The molecule has 0 heterocycles. The van der Waals surface area contributed by atoms with Crippen molar-refractivity contribution >= 4 is 5.97 Å². The zero-order valence-electron chi connectivity index (χ0n) is 7.24. The molecule has 0 aromatic rings. The molecule has 0 amide bonds. The van der Waals surface area contributed by atoms with Gasteiger partial charge in [0.1, 0.15) is 5.60 Å². The third-order valence-corrected chi connectivity index (χ3v) is 2.31. The Morgan fingerprint density at radius 1 is 1.42 bits per heavy atom. The number of aliphatic hydroxyl groups excluding tert-OH is 1. The van der Waals surface area contributed by atoms with Crippen LogP contribution in [0.15, 0.2) is 0 Å². The predicted octanol–water partition coefficient (Wildman–Crippen LogP) is -0.0170. The highest BCUT2D eigenvalue weighted by atomic mass is 16.4. The summed E-state index contributed by atoms with van der Waals surface area (Å²) in [4.78, 5) is 10.3. The minimum atomic E-state index is -1.65. The molecular formula is C8H14O4. The quantitative estimate of drug-likeness (QED) is 0.550. The average Bonchev–Trinajstić information content (AvgIpc) is 1.81. The normalized spacial score (nSPS) is 27.3. The summed E-state index contributed by atoms with van der Waals surface area (Å²) in [5.41, 5.74) is -1.46. The van der Waals surface area contributed by atoms with Crippen LogP contribution in [0.5, 0.6) is 0 Å². The number of carboxylic acids is 1. The Hall–Kier alpha value is -0.610. The van der Waals surface area contributed by atoms with Crippen LogP contribution in [0.25, 0.3) is 0 Å². The van der Waals surface area contributed by atoms with Crippen LogP contribution in [0.2, 0.25) is 0 Å². The van der Waals surface area contributed by atoms with Crippen molar-refractivity contribution in [3.8, 4) is 0 Å². The molecule has 4 nitrogen and oxygen atoms in total. The van der Waals surface area contributed by atoms with E-state index < -0.39 is 17.7 Å². The molecule has 0 spiro atoms. The topological polar surface area (TPSA) is 77.8 Å². The third kappa shape index (κ3) is 1.44. The van der Waals surface area contributed by atoms with Gasteiger partial charge in [0.05, 0.1) is 0 Å². The summed E-state index contributed by atoms with van der Waals surface area (Å²) in [5.74, 6) is -1.35. The Balaban J connectivity index is 2.60. The second-order valence-electron chi connectivity index (χ2n) is 4.36. The lowest BCUT2D eigenvalue weighted by molar-refractivity contribution is -0.197. The maximum atomic E-state index is 10.3. The van der Waals surface area contributed by atoms with Gasteiger partial charge in [-0.1, -0.05) is 13.8 Å². The maximum Gasteiger partial charge on any atom is 0.335 e. The van der Waals surface area contributed by atoms with Crippen LogP contribution in [-0.2, 0) is 4.79 Å². The van der Waals surface area contributed by atoms with Gasteiger partial charge in [-0.25, -0.2) is 4.79 Å². The van der Waals surface area contributed by atoms with Crippen LogP contribution in [0.1, 0.15) is 26.7 Å². The molecule has 0 aliphatic heterocycles. The molecule has 0 aromatic heterocycles. The molecular weight excluding hydrogens is 160 g/mol. The van der Waals surface area contributed by atoms with E-state index >= 15 is 0 Å². The Morgan fingerprint density at radius 2 is 1.83 bits per heavy atom. The van der Waals surface area contributed by atoms with E-state index in [2.05, 4.69) is 0 Å². The van der Waals surface area contributed by atoms with Gasteiger partial charge in [0, 0.05) is 0 Å². The average molecular weight is 174 g/mol. The van der Waals surface area contributed by atoms with Crippen molar-refractivity contribution in [2.45, 2.75) is 38.4 Å². The molecule has 3 N–H and O–H groups in total. The van der Waals surface area contributed by atoms with Crippen molar-refractivity contribution < 1.29 is 20.1 Å². The number of hydrogen-bond donors (Lipinski definition) is 3. The third-order valence-electron chi connectivity index (χ3n) is 2.31. The van der Waals surface area contributed by atoms with E-state index in [-0.39, 0.29) is 5.41 Å². The van der Waals surface area contributed by atoms with Crippen LogP contribution < -0.4 is 0 Å². The zero-order valence-corrected chi connectivity index (χ0v) is 7.24. The number of carbonyl (C=O) groups is 1. The molecule has 4 heteroatoms. The summed E-state index contributed by atoms with van der Waals surface area (Å²) in [6.07, 6.45) is -0.966. The summed E-state index contributed by atoms with van der Waals surface area (Å²) in [5, 5.41) is 27.1. The first-order chi connectivity index (χ1) is 5.27. The van der Waals surface area contributed by atoms with E-state index in [0.717, 1.165) is 0 Å². The zero-order chi connectivity index (χ0) is 9.57. The van der Waals surface area contributed by atoms with Crippen molar-refractivity contribution in [2.24, 2.45) is 5.41 Å². The lowest BCUT2D eigenvalue weighted by Crippen LogP contribution is -2.59. The summed E-state index contributed by atoms with van der Waals surface area (Å²) < 4.78 is 0. The lowest BCUT2D eigenvalue weighted by atomic mass is 9.59. The maximum absolute atomic E-state index is 10.3. The van der Waals surface area contributed by atoms with E-state index in [4.69, 9.17) is 10.2 Å². The number of rotatable bonds is 2. The SMILES string of the molecule is CC1(C)CC(O)(C(O)C(=O)O)C1. The highest BCUT2D eigenvalue weighted by Gasteiger charge is 2.54. The fraction of sp³-hybridized carbons (Fsp3) is 0.875. The summed E-state index contributed by atoms with van der Waals surface area (Å²) in [6.45, 7) is 3.85. The van der Waals surface area contributed by atoms with Gasteiger partial charge >= 0.3 is 5.97 Å². The Kier molecular flexibility index (Phi) is 1.92. The smallest absolute Gasteiger partial charge is 0.335 e. The van der Waals surface area contributed by atoms with Crippen LogP contribution >= 0.6 is 0 Å². The predicted molar refractivity (Wildman–Crippen MR) is 41.6 cm³/mol. The summed E-state index contributed by atoms with van der Waals surface area (Å²) >= 11 is 0. The molecule has 0 radical (unpaired) electrons. The second kappa shape index (κ2) is 2.44. The standard InChI is InChI=1S/C8H14O4/c1-7(2)3-8(12,4-7)5(9)6(10)11/h5,9,12H,3-4H2,1-2H3,(H,10,11). The van der Waals surface area contributed by atoms with Gasteiger partial charge in [0.25, 0.3) is 0 Å². The van der Waals surface area contributed by atoms with E-state index in [1.807, 2.05) is 13.8 Å². The fourth-order valence-electron chi connectivity index (χ4n) is 2.03. The van der Waals surface area contributed by atoms with Crippen molar-refractivity contribution in [1.82, 2.24) is 0 Å². The molecule has 0 aromatic carbocycles. The van der Waals surface area contributed by atoms with Crippen LogP contribution in [0.4, 0.5) is 0 Å². The Labute approximate surface area is 70.8 Å². The van der Waals surface area contributed by atoms with E-state index in [1.54, 1.807) is 0 Å². The molecule has 1 aliphatic rings. The molecule has 1 aliphatic carbocycles. The van der Waals surface area contributed by atoms with Gasteiger partial charge in [-0.05, 0) is 18.3 Å². The van der Waals surface area contributed by atoms with E-state index in [9.17, 15) is 9.90 Å². The number of aliphatic hydroxyl groups is 2. The lowest BCUT2D eigenvalue weighted by Gasteiger charge is -2.50. The Morgan fingerprint density at radius 3 is 2.08 bits per heavy atom. The first kappa shape index (κ1) is 9.48. The molecule has 1 unspecified atom stereocenters. The van der Waals surface area contributed by atoms with Gasteiger partial charge in [-0.15, -0.1) is 0 Å². The molecule has 70 valence electrons. The fourth-order valence-corrected chi connectivity index (χ4v) is 2.03. The first-order valence-electron chi connectivity index (χ1n) is 3.90. The molecule has 0 bridgehead atoms. The van der Waals surface area contributed by atoms with Gasteiger partial charge in [0.2, 0.25) is 0 Å². The molecule has 1 saturated carbocycles. The van der Waals surface area contributed by atoms with E-state index in [0.29, 0.717) is 12.8 Å². The van der Waals surface area contributed by atoms with Gasteiger partial charge in [-0.2, -0.15) is 0 Å². The van der Waals surface area contributed by atoms with Crippen molar-refractivity contribution in [3.63, 3.8) is 0 Å². The first-order valence-corrected chi connectivity index (χ1v) is 3.90. The van der Waals surface area contributed by atoms with Gasteiger partial charge in [-0.3, -0.25) is 0 Å². The second-order valence-corrected chi connectivity index (χ2v) is 4.36. The van der Waals surface area contributed by atoms with Crippen molar-refractivity contribution in [2.75, 3.05) is 0 Å².